The van der Waals surface area contributed by atoms with Gasteiger partial charge in [-0.2, -0.15) is 13.2 Å². The molecule has 0 radical (unpaired) electrons. The van der Waals surface area contributed by atoms with Crippen LogP contribution in [0.4, 0.5) is 13.2 Å². The molecule has 0 unspecified atom stereocenters. The lowest BCUT2D eigenvalue weighted by atomic mass is 10.0. The number of halogens is 3. The molecule has 1 aromatic carbocycles. The summed E-state index contributed by atoms with van der Waals surface area (Å²) < 4.78 is 38.9. The quantitative estimate of drug-likeness (QED) is 0.843. The van der Waals surface area contributed by atoms with Crippen LogP contribution in [-0.2, 0) is 15.8 Å². The molecule has 2 atom stereocenters. The van der Waals surface area contributed by atoms with Gasteiger partial charge in [-0.05, 0) is 24.5 Å². The standard InChI is InChI=1S/C16H19F3N2O2/c1-2-5-14(22)20-9-15(23)21-13-8-11(13)10-6-3-4-7-12(10)16(17,18)19/h3-4,6-7,11,13H,2,5,8-9H2,1H3,(H,20,22)(H,21,23)/t11-,13-/m0/s1. The van der Waals surface area contributed by atoms with E-state index in [2.05, 4.69) is 10.6 Å². The Morgan fingerprint density at radius 2 is 1.91 bits per heavy atom. The third-order valence-electron chi connectivity index (χ3n) is 3.73. The summed E-state index contributed by atoms with van der Waals surface area (Å²) in [6.45, 7) is 1.70. The smallest absolute Gasteiger partial charge is 0.351 e. The summed E-state index contributed by atoms with van der Waals surface area (Å²) in [7, 11) is 0. The Morgan fingerprint density at radius 1 is 1.22 bits per heavy atom. The third-order valence-corrected chi connectivity index (χ3v) is 3.73. The number of amides is 2. The van der Waals surface area contributed by atoms with Crippen LogP contribution >= 0.6 is 0 Å². The minimum atomic E-state index is -4.40. The van der Waals surface area contributed by atoms with Crippen molar-refractivity contribution in [2.45, 2.75) is 44.3 Å². The molecule has 7 heteroatoms. The Balaban J connectivity index is 1.89. The second kappa shape index (κ2) is 7.02. The monoisotopic (exact) mass is 328 g/mol. The van der Waals surface area contributed by atoms with Gasteiger partial charge in [0, 0.05) is 18.4 Å². The van der Waals surface area contributed by atoms with Crippen LogP contribution in [0.3, 0.4) is 0 Å². The molecule has 1 saturated carbocycles. The summed E-state index contributed by atoms with van der Waals surface area (Å²) in [5.41, 5.74) is -0.446. The predicted molar refractivity (Wildman–Crippen MR) is 78.7 cm³/mol. The van der Waals surface area contributed by atoms with Crippen LogP contribution in [0.15, 0.2) is 24.3 Å². The van der Waals surface area contributed by atoms with Crippen molar-refractivity contribution in [2.75, 3.05) is 6.54 Å². The van der Waals surface area contributed by atoms with Crippen molar-refractivity contribution in [1.82, 2.24) is 10.6 Å². The summed E-state index contributed by atoms with van der Waals surface area (Å²) in [6.07, 6.45) is -2.89. The van der Waals surface area contributed by atoms with Crippen molar-refractivity contribution in [3.63, 3.8) is 0 Å². The molecule has 2 N–H and O–H groups in total. The molecule has 0 saturated heterocycles. The molecular weight excluding hydrogens is 309 g/mol. The molecule has 0 aliphatic heterocycles. The van der Waals surface area contributed by atoms with Crippen molar-refractivity contribution in [1.29, 1.82) is 0 Å². The summed E-state index contributed by atoms with van der Waals surface area (Å²) in [4.78, 5) is 23.0. The number of hydrogen-bond donors (Lipinski definition) is 2. The van der Waals surface area contributed by atoms with E-state index in [1.165, 1.54) is 12.1 Å². The molecule has 1 aromatic rings. The van der Waals surface area contributed by atoms with Crippen LogP contribution in [0, 0.1) is 0 Å². The molecule has 23 heavy (non-hydrogen) atoms. The minimum Gasteiger partial charge on any atom is -0.351 e. The molecule has 2 rings (SSSR count). The summed E-state index contributed by atoms with van der Waals surface area (Å²) in [5.74, 6) is -0.924. The van der Waals surface area contributed by atoms with Crippen molar-refractivity contribution in [3.05, 3.63) is 35.4 Å². The molecule has 0 bridgehead atoms. The van der Waals surface area contributed by atoms with Crippen LogP contribution in [0.5, 0.6) is 0 Å². The van der Waals surface area contributed by atoms with Crippen molar-refractivity contribution in [3.8, 4) is 0 Å². The lowest BCUT2D eigenvalue weighted by Crippen LogP contribution is -2.38. The number of carbonyl (C=O) groups is 2. The van der Waals surface area contributed by atoms with Gasteiger partial charge in [0.25, 0.3) is 0 Å². The van der Waals surface area contributed by atoms with Gasteiger partial charge in [-0.1, -0.05) is 25.1 Å². The van der Waals surface area contributed by atoms with Crippen molar-refractivity contribution < 1.29 is 22.8 Å². The fourth-order valence-corrected chi connectivity index (χ4v) is 2.53. The van der Waals surface area contributed by atoms with Crippen LogP contribution in [-0.4, -0.2) is 24.4 Å². The molecule has 2 amide bonds. The highest BCUT2D eigenvalue weighted by Crippen LogP contribution is 2.46. The third kappa shape index (κ3) is 4.71. The van der Waals surface area contributed by atoms with Gasteiger partial charge >= 0.3 is 6.18 Å². The van der Waals surface area contributed by atoms with E-state index in [0.717, 1.165) is 6.07 Å². The lowest BCUT2D eigenvalue weighted by Gasteiger charge is -2.12. The maximum atomic E-state index is 13.0. The largest absolute Gasteiger partial charge is 0.416 e. The molecule has 0 heterocycles. The second-order valence-corrected chi connectivity index (χ2v) is 5.63. The van der Waals surface area contributed by atoms with E-state index in [1.807, 2.05) is 6.92 Å². The van der Waals surface area contributed by atoms with E-state index in [9.17, 15) is 22.8 Å². The van der Waals surface area contributed by atoms with Crippen LogP contribution in [0.25, 0.3) is 0 Å². The number of hydrogen-bond acceptors (Lipinski definition) is 2. The number of alkyl halides is 3. The summed E-state index contributed by atoms with van der Waals surface area (Å²) >= 11 is 0. The van der Waals surface area contributed by atoms with Gasteiger partial charge in [0.1, 0.15) is 0 Å². The summed E-state index contributed by atoms with van der Waals surface area (Å²) in [6, 6.07) is 5.10. The first kappa shape index (κ1) is 17.3. The van der Waals surface area contributed by atoms with E-state index in [0.29, 0.717) is 19.3 Å². The van der Waals surface area contributed by atoms with E-state index in [-0.39, 0.29) is 35.9 Å². The van der Waals surface area contributed by atoms with E-state index < -0.39 is 11.7 Å². The highest BCUT2D eigenvalue weighted by molar-refractivity contribution is 5.85. The molecule has 1 aliphatic carbocycles. The average molecular weight is 328 g/mol. The molecule has 1 fully saturated rings. The second-order valence-electron chi connectivity index (χ2n) is 5.63. The zero-order valence-electron chi connectivity index (χ0n) is 12.7. The lowest BCUT2D eigenvalue weighted by molar-refractivity contribution is -0.138. The topological polar surface area (TPSA) is 58.2 Å². The molecule has 0 spiro atoms. The van der Waals surface area contributed by atoms with Crippen molar-refractivity contribution in [2.24, 2.45) is 0 Å². The average Bonchev–Trinajstić information content (AvgIpc) is 3.23. The van der Waals surface area contributed by atoms with Gasteiger partial charge in [0.05, 0.1) is 12.1 Å². The van der Waals surface area contributed by atoms with Crippen LogP contribution in [0.2, 0.25) is 0 Å². The maximum Gasteiger partial charge on any atom is 0.416 e. The first-order valence-electron chi connectivity index (χ1n) is 7.55. The number of benzene rings is 1. The van der Waals surface area contributed by atoms with Gasteiger partial charge in [-0.25, -0.2) is 0 Å². The zero-order valence-corrected chi connectivity index (χ0v) is 12.7. The molecular formula is C16H19F3N2O2. The molecule has 0 aromatic heterocycles. The predicted octanol–water partition coefficient (Wildman–Crippen LogP) is 2.59. The first-order valence-corrected chi connectivity index (χ1v) is 7.55. The first-order chi connectivity index (χ1) is 10.8. The minimum absolute atomic E-state index is 0.150. The Hall–Kier alpha value is -2.05. The Labute approximate surface area is 132 Å². The Kier molecular flexibility index (Phi) is 5.28. The van der Waals surface area contributed by atoms with Gasteiger partial charge in [-0.15, -0.1) is 0 Å². The van der Waals surface area contributed by atoms with Gasteiger partial charge < -0.3 is 10.6 Å². The fourth-order valence-electron chi connectivity index (χ4n) is 2.53. The van der Waals surface area contributed by atoms with Crippen LogP contribution < -0.4 is 10.6 Å². The van der Waals surface area contributed by atoms with Crippen LogP contribution in [0.1, 0.15) is 43.2 Å². The highest BCUT2D eigenvalue weighted by Gasteiger charge is 2.44. The van der Waals surface area contributed by atoms with E-state index in [4.69, 9.17) is 0 Å². The molecule has 126 valence electrons. The molecule has 1 aliphatic rings. The van der Waals surface area contributed by atoms with Crippen molar-refractivity contribution >= 4 is 11.8 Å². The van der Waals surface area contributed by atoms with Gasteiger partial charge in [0.2, 0.25) is 11.8 Å². The fraction of sp³-hybridized carbons (Fsp3) is 0.500. The maximum absolute atomic E-state index is 13.0. The number of rotatable bonds is 6. The summed E-state index contributed by atoms with van der Waals surface area (Å²) in [5, 5.41) is 5.13. The normalized spacial score (nSPS) is 20.0. The zero-order chi connectivity index (χ0) is 17.0. The van der Waals surface area contributed by atoms with E-state index >= 15 is 0 Å². The Bertz CT molecular complexity index is 587. The van der Waals surface area contributed by atoms with Gasteiger partial charge in [-0.3, -0.25) is 9.59 Å². The van der Waals surface area contributed by atoms with E-state index in [1.54, 1.807) is 6.07 Å². The number of nitrogens with one attached hydrogen (secondary N) is 2. The number of carbonyl (C=O) groups excluding carboxylic acids is 2. The Morgan fingerprint density at radius 3 is 2.57 bits per heavy atom. The SMILES string of the molecule is CCCC(=O)NCC(=O)N[C@H]1C[C@H]1c1ccccc1C(F)(F)F. The highest BCUT2D eigenvalue weighted by atomic mass is 19.4. The molecule has 4 nitrogen and oxygen atoms in total. The van der Waals surface area contributed by atoms with Gasteiger partial charge in [0.15, 0.2) is 0 Å².